The van der Waals surface area contributed by atoms with Crippen molar-refractivity contribution in [1.29, 1.82) is 0 Å². The lowest BCUT2D eigenvalue weighted by Crippen LogP contribution is -2.62. The number of aromatic nitrogens is 2. The SMILES string of the molecule is Cc1c[n+]2c(n1C1CCCCC1)N=C1C2C(=O)N(Cc2ccccc2F)C(=O)N1C. The third-order valence-electron chi connectivity index (χ3n) is 6.48. The molecule has 2 aromatic rings. The van der Waals surface area contributed by atoms with Crippen molar-refractivity contribution in [3.8, 4) is 0 Å². The van der Waals surface area contributed by atoms with E-state index in [1.165, 1.54) is 30.2 Å². The van der Waals surface area contributed by atoms with Crippen LogP contribution in [-0.4, -0.2) is 39.2 Å². The van der Waals surface area contributed by atoms with Gasteiger partial charge in [0.05, 0.1) is 12.6 Å². The van der Waals surface area contributed by atoms with Crippen molar-refractivity contribution in [2.24, 2.45) is 4.99 Å². The van der Waals surface area contributed by atoms with Gasteiger partial charge in [-0.15, -0.1) is 0 Å². The lowest BCUT2D eigenvalue weighted by Gasteiger charge is -2.33. The molecule has 1 saturated heterocycles. The minimum atomic E-state index is -0.696. The summed E-state index contributed by atoms with van der Waals surface area (Å²) < 4.78 is 18.3. The van der Waals surface area contributed by atoms with Crippen LogP contribution in [0, 0.1) is 12.7 Å². The number of imidazole rings is 1. The first kappa shape index (κ1) is 19.0. The zero-order valence-corrected chi connectivity index (χ0v) is 17.2. The highest BCUT2D eigenvalue weighted by Gasteiger charge is 2.53. The summed E-state index contributed by atoms with van der Waals surface area (Å²) in [5, 5.41) is 0. The largest absolute Gasteiger partial charge is 0.402 e. The van der Waals surface area contributed by atoms with E-state index in [9.17, 15) is 14.0 Å². The number of benzene rings is 1. The number of aryl methyl sites for hydroxylation is 1. The van der Waals surface area contributed by atoms with Gasteiger partial charge in [0.2, 0.25) is 11.9 Å². The molecule has 1 unspecified atom stereocenters. The second-order valence-electron chi connectivity index (χ2n) is 8.37. The molecule has 0 spiro atoms. The fourth-order valence-electron chi connectivity index (χ4n) is 4.93. The van der Waals surface area contributed by atoms with Gasteiger partial charge in [0, 0.05) is 12.6 Å². The summed E-state index contributed by atoms with van der Waals surface area (Å²) in [5.41, 5.74) is 1.37. The van der Waals surface area contributed by atoms with Crippen LogP contribution in [-0.2, 0) is 11.3 Å². The van der Waals surface area contributed by atoms with Gasteiger partial charge in [0.15, 0.2) is 0 Å². The third kappa shape index (κ3) is 2.77. The Morgan fingerprint density at radius 3 is 2.63 bits per heavy atom. The van der Waals surface area contributed by atoms with E-state index in [0.717, 1.165) is 29.4 Å². The average molecular weight is 410 g/mol. The van der Waals surface area contributed by atoms with Gasteiger partial charge in [-0.1, -0.05) is 29.6 Å². The number of carbonyl (C=O) groups is 2. The maximum atomic E-state index is 14.2. The maximum Gasteiger partial charge on any atom is 0.402 e. The zero-order chi connectivity index (χ0) is 21.0. The first-order valence-corrected chi connectivity index (χ1v) is 10.5. The molecule has 0 radical (unpaired) electrons. The second kappa shape index (κ2) is 7.04. The topological polar surface area (TPSA) is 61.8 Å². The summed E-state index contributed by atoms with van der Waals surface area (Å²) in [6, 6.07) is 5.40. The third-order valence-corrected chi connectivity index (χ3v) is 6.48. The van der Waals surface area contributed by atoms with Crippen LogP contribution >= 0.6 is 0 Å². The minimum Gasteiger partial charge on any atom is -0.270 e. The van der Waals surface area contributed by atoms with E-state index in [4.69, 9.17) is 4.99 Å². The van der Waals surface area contributed by atoms with Crippen molar-refractivity contribution in [3.05, 3.63) is 47.5 Å². The molecule has 8 heteroatoms. The number of hydrogen-bond acceptors (Lipinski definition) is 3. The molecular weight excluding hydrogens is 385 g/mol. The van der Waals surface area contributed by atoms with Crippen molar-refractivity contribution < 1.29 is 18.5 Å². The van der Waals surface area contributed by atoms with Crippen LogP contribution in [0.15, 0.2) is 35.5 Å². The van der Waals surface area contributed by atoms with Crippen molar-refractivity contribution in [1.82, 2.24) is 14.4 Å². The van der Waals surface area contributed by atoms with Gasteiger partial charge in [0.1, 0.15) is 17.7 Å². The highest BCUT2D eigenvalue weighted by molar-refractivity contribution is 6.19. The molecule has 1 atom stereocenters. The number of rotatable bonds is 3. The number of fused-ring (bicyclic) bond motifs is 3. The van der Waals surface area contributed by atoms with Crippen LogP contribution in [0.1, 0.15) is 55.4 Å². The molecule has 2 fully saturated rings. The number of hydrogen-bond donors (Lipinski definition) is 0. The van der Waals surface area contributed by atoms with Gasteiger partial charge in [-0.05, 0) is 38.7 Å². The first-order chi connectivity index (χ1) is 14.5. The normalized spacial score (nSPS) is 21.7. The highest BCUT2D eigenvalue weighted by Crippen LogP contribution is 2.36. The smallest absolute Gasteiger partial charge is 0.270 e. The molecular formula is C22H25FN5O2+. The monoisotopic (exact) mass is 410 g/mol. The average Bonchev–Trinajstić information content (AvgIpc) is 3.26. The van der Waals surface area contributed by atoms with Crippen LogP contribution < -0.4 is 4.57 Å². The number of halogens is 1. The number of aliphatic imine (C=N–C) groups is 1. The Kier molecular flexibility index (Phi) is 4.45. The summed E-state index contributed by atoms with van der Waals surface area (Å²) in [7, 11) is 1.62. The van der Waals surface area contributed by atoms with Crippen molar-refractivity contribution in [2.45, 2.75) is 57.7 Å². The summed E-state index contributed by atoms with van der Waals surface area (Å²) >= 11 is 0. The number of urea groups is 1. The summed E-state index contributed by atoms with van der Waals surface area (Å²) in [5.74, 6) is 0.360. The van der Waals surface area contributed by atoms with Crippen LogP contribution in [0.2, 0.25) is 0 Å². The molecule has 1 aliphatic carbocycles. The lowest BCUT2D eigenvalue weighted by molar-refractivity contribution is -0.677. The Balaban J connectivity index is 1.52. The van der Waals surface area contributed by atoms with Crippen LogP contribution in [0.5, 0.6) is 0 Å². The minimum absolute atomic E-state index is 0.101. The van der Waals surface area contributed by atoms with Gasteiger partial charge in [-0.25, -0.2) is 18.3 Å². The van der Waals surface area contributed by atoms with E-state index >= 15 is 0 Å². The summed E-state index contributed by atoms with van der Waals surface area (Å²) in [6.07, 6.45) is 7.78. The van der Waals surface area contributed by atoms with Crippen molar-refractivity contribution in [2.75, 3.05) is 7.05 Å². The Labute approximate surface area is 174 Å². The Hall–Kier alpha value is -3.03. The molecule has 0 bridgehead atoms. The van der Waals surface area contributed by atoms with Crippen LogP contribution in [0.25, 0.3) is 0 Å². The zero-order valence-electron chi connectivity index (χ0n) is 17.2. The van der Waals surface area contributed by atoms with E-state index in [1.807, 2.05) is 17.7 Å². The van der Waals surface area contributed by atoms with E-state index in [1.54, 1.807) is 25.2 Å². The van der Waals surface area contributed by atoms with Gasteiger partial charge in [0.25, 0.3) is 5.91 Å². The van der Waals surface area contributed by atoms with E-state index < -0.39 is 17.9 Å². The molecule has 156 valence electrons. The predicted octanol–water partition coefficient (Wildman–Crippen LogP) is 3.41. The fraction of sp³-hybridized carbons (Fsp3) is 0.455. The fourth-order valence-corrected chi connectivity index (χ4v) is 4.93. The van der Waals surface area contributed by atoms with Gasteiger partial charge >= 0.3 is 12.0 Å². The van der Waals surface area contributed by atoms with Crippen LogP contribution in [0.4, 0.5) is 15.1 Å². The predicted molar refractivity (Wildman–Crippen MR) is 108 cm³/mol. The number of amides is 3. The van der Waals surface area contributed by atoms with Gasteiger partial charge in [-0.3, -0.25) is 14.6 Å². The number of likely N-dealkylation sites (N-methyl/N-ethyl adjacent to an activating group) is 1. The van der Waals surface area contributed by atoms with Gasteiger partial charge in [-0.2, -0.15) is 0 Å². The number of imide groups is 1. The summed E-state index contributed by atoms with van der Waals surface area (Å²) in [4.78, 5) is 33.6. The quantitative estimate of drug-likeness (QED) is 0.728. The number of amidine groups is 1. The van der Waals surface area contributed by atoms with Crippen LogP contribution in [0.3, 0.4) is 0 Å². The highest BCUT2D eigenvalue weighted by atomic mass is 19.1. The molecule has 0 N–H and O–H groups in total. The Morgan fingerprint density at radius 2 is 1.90 bits per heavy atom. The molecule has 1 aromatic carbocycles. The second-order valence-corrected chi connectivity index (χ2v) is 8.37. The van der Waals surface area contributed by atoms with E-state index in [-0.39, 0.29) is 12.5 Å². The van der Waals surface area contributed by atoms with Gasteiger partial charge < -0.3 is 0 Å². The molecule has 7 nitrogen and oxygen atoms in total. The first-order valence-electron chi connectivity index (χ1n) is 10.5. The van der Waals surface area contributed by atoms with E-state index in [0.29, 0.717) is 17.4 Å². The molecule has 5 rings (SSSR count). The molecule has 3 aliphatic rings. The van der Waals surface area contributed by atoms with Crippen molar-refractivity contribution >= 4 is 23.7 Å². The molecule has 1 aromatic heterocycles. The van der Waals surface area contributed by atoms with Crippen molar-refractivity contribution in [3.63, 3.8) is 0 Å². The molecule has 3 amide bonds. The molecule has 2 aliphatic heterocycles. The molecule has 3 heterocycles. The van der Waals surface area contributed by atoms with E-state index in [2.05, 4.69) is 4.57 Å². The summed E-state index contributed by atoms with van der Waals surface area (Å²) in [6.45, 7) is 1.94. The maximum absolute atomic E-state index is 14.2. The Bertz CT molecular complexity index is 1070. The number of carbonyl (C=O) groups excluding carboxylic acids is 2. The Morgan fingerprint density at radius 1 is 1.17 bits per heavy atom. The number of nitrogens with zero attached hydrogens (tertiary/aromatic N) is 5. The molecule has 30 heavy (non-hydrogen) atoms. The lowest BCUT2D eigenvalue weighted by atomic mass is 9.95. The molecule has 1 saturated carbocycles. The standard InChI is InChI=1S/C22H25FN5O2/c1-14-12-26-18-19(24-21(26)28(14)16-9-4-3-5-10-16)25(2)22(30)27(20(18)29)13-15-8-6-7-11-17(15)23/h6-8,11-12,16,18H,3-5,9-10,13H2,1-2H3/q+1.